The topological polar surface area (TPSA) is 59.8 Å². The number of halogens is 2. The van der Waals surface area contributed by atoms with Gasteiger partial charge in [-0.1, -0.05) is 0 Å². The van der Waals surface area contributed by atoms with Gasteiger partial charge in [-0.15, -0.1) is 24.8 Å². The minimum absolute atomic E-state index is 0. The lowest BCUT2D eigenvalue weighted by Gasteiger charge is -2.12. The number of hydroxylamine groups is 2. The standard InChI is InChI=1S/C10H15N3O2.2ClH/c1-12-9-2-3-10-8(6-9)7-13(15-10)14-5-4-11;;/h2-3,6,12H,4-5,7,11H2,1H3;2*1H. The van der Waals surface area contributed by atoms with Gasteiger partial charge in [0.25, 0.3) is 0 Å². The molecule has 0 aliphatic carbocycles. The average molecular weight is 282 g/mol. The molecule has 5 nitrogen and oxygen atoms in total. The van der Waals surface area contributed by atoms with Crippen molar-refractivity contribution in [3.63, 3.8) is 0 Å². The van der Waals surface area contributed by atoms with Gasteiger partial charge in [0.2, 0.25) is 0 Å². The zero-order valence-electron chi connectivity index (χ0n) is 9.51. The van der Waals surface area contributed by atoms with Crippen molar-refractivity contribution < 1.29 is 9.68 Å². The number of hydrogen-bond acceptors (Lipinski definition) is 5. The van der Waals surface area contributed by atoms with Crippen LogP contribution in [-0.4, -0.2) is 25.4 Å². The lowest BCUT2D eigenvalue weighted by molar-refractivity contribution is -0.310. The maximum atomic E-state index is 5.44. The van der Waals surface area contributed by atoms with Crippen LogP contribution in [0.15, 0.2) is 18.2 Å². The molecule has 1 aromatic rings. The first-order valence-corrected chi connectivity index (χ1v) is 4.92. The quantitative estimate of drug-likeness (QED) is 0.878. The molecular formula is C10H17Cl2N3O2. The van der Waals surface area contributed by atoms with Gasteiger partial charge in [0.1, 0.15) is 0 Å². The smallest absolute Gasteiger partial charge is 0.155 e. The van der Waals surface area contributed by atoms with Crippen LogP contribution in [0.1, 0.15) is 5.56 Å². The molecule has 2 rings (SSSR count). The maximum absolute atomic E-state index is 5.44. The van der Waals surface area contributed by atoms with Gasteiger partial charge in [-0.05, 0) is 23.4 Å². The first-order valence-electron chi connectivity index (χ1n) is 4.92. The van der Waals surface area contributed by atoms with Crippen molar-refractivity contribution in [1.29, 1.82) is 0 Å². The van der Waals surface area contributed by atoms with Gasteiger partial charge >= 0.3 is 0 Å². The molecule has 0 aromatic heterocycles. The third-order valence-electron chi connectivity index (χ3n) is 2.20. The predicted octanol–water partition coefficient (Wildman–Crippen LogP) is 1.57. The summed E-state index contributed by atoms with van der Waals surface area (Å²) in [5, 5.41) is 4.54. The van der Waals surface area contributed by atoms with E-state index in [2.05, 4.69) is 5.32 Å². The van der Waals surface area contributed by atoms with Crippen LogP contribution in [0.5, 0.6) is 5.75 Å². The van der Waals surface area contributed by atoms with Gasteiger partial charge in [0.05, 0.1) is 13.2 Å². The number of nitrogens with zero attached hydrogens (tertiary/aromatic N) is 1. The van der Waals surface area contributed by atoms with E-state index in [-0.39, 0.29) is 24.8 Å². The summed E-state index contributed by atoms with van der Waals surface area (Å²) < 4.78 is 0. The van der Waals surface area contributed by atoms with Crippen LogP contribution in [0.25, 0.3) is 0 Å². The Hall–Kier alpha value is -0.720. The van der Waals surface area contributed by atoms with Crippen molar-refractivity contribution in [1.82, 2.24) is 5.23 Å². The second-order valence-corrected chi connectivity index (χ2v) is 3.28. The van der Waals surface area contributed by atoms with Gasteiger partial charge in [0.15, 0.2) is 5.75 Å². The Labute approximate surface area is 113 Å². The summed E-state index contributed by atoms with van der Waals surface area (Å²) in [7, 11) is 1.89. The lowest BCUT2D eigenvalue weighted by Crippen LogP contribution is -2.25. The summed E-state index contributed by atoms with van der Waals surface area (Å²) in [5.41, 5.74) is 7.52. The van der Waals surface area contributed by atoms with Gasteiger partial charge in [-0.25, -0.2) is 0 Å². The number of hydrogen-bond donors (Lipinski definition) is 2. The molecule has 0 unspecified atom stereocenters. The molecule has 0 fully saturated rings. The fourth-order valence-electron chi connectivity index (χ4n) is 1.46. The Morgan fingerprint density at radius 3 is 2.88 bits per heavy atom. The van der Waals surface area contributed by atoms with E-state index in [1.165, 1.54) is 5.23 Å². The summed E-state index contributed by atoms with van der Waals surface area (Å²) in [6, 6.07) is 5.93. The van der Waals surface area contributed by atoms with E-state index < -0.39 is 0 Å². The van der Waals surface area contributed by atoms with Crippen LogP contribution >= 0.6 is 24.8 Å². The van der Waals surface area contributed by atoms with Crippen LogP contribution in [0.2, 0.25) is 0 Å². The molecule has 0 spiro atoms. The van der Waals surface area contributed by atoms with E-state index in [9.17, 15) is 0 Å². The summed E-state index contributed by atoms with van der Waals surface area (Å²) in [6.45, 7) is 1.58. The predicted molar refractivity (Wildman–Crippen MR) is 71.7 cm³/mol. The largest absolute Gasteiger partial charge is 0.388 e. The number of fused-ring (bicyclic) bond motifs is 1. The monoisotopic (exact) mass is 281 g/mol. The fourth-order valence-corrected chi connectivity index (χ4v) is 1.46. The molecule has 17 heavy (non-hydrogen) atoms. The molecule has 1 heterocycles. The highest BCUT2D eigenvalue weighted by Crippen LogP contribution is 2.30. The highest BCUT2D eigenvalue weighted by molar-refractivity contribution is 5.85. The van der Waals surface area contributed by atoms with Crippen LogP contribution in [-0.2, 0) is 11.4 Å². The molecule has 1 aromatic carbocycles. The van der Waals surface area contributed by atoms with Gasteiger partial charge in [-0.3, -0.25) is 4.84 Å². The van der Waals surface area contributed by atoms with Gasteiger partial charge < -0.3 is 15.9 Å². The van der Waals surface area contributed by atoms with E-state index in [1.54, 1.807) is 0 Å². The Morgan fingerprint density at radius 2 is 2.24 bits per heavy atom. The highest BCUT2D eigenvalue weighted by atomic mass is 35.5. The Balaban J connectivity index is 0.00000128. The van der Waals surface area contributed by atoms with E-state index in [0.717, 1.165) is 17.0 Å². The van der Waals surface area contributed by atoms with Crippen LogP contribution in [0.3, 0.4) is 0 Å². The van der Waals surface area contributed by atoms with Crippen LogP contribution in [0.4, 0.5) is 5.69 Å². The fraction of sp³-hybridized carbons (Fsp3) is 0.400. The lowest BCUT2D eigenvalue weighted by atomic mass is 10.2. The molecule has 98 valence electrons. The number of nitrogens with two attached hydrogens (primary N) is 1. The summed E-state index contributed by atoms with van der Waals surface area (Å²) in [5.74, 6) is 0.839. The minimum atomic E-state index is 0. The number of anilines is 1. The molecule has 0 bridgehead atoms. The Kier molecular flexibility index (Phi) is 7.26. The van der Waals surface area contributed by atoms with Crippen molar-refractivity contribution in [3.8, 4) is 5.75 Å². The molecule has 1 aliphatic heterocycles. The number of nitrogens with one attached hydrogen (secondary N) is 1. The second kappa shape index (κ2) is 7.58. The third kappa shape index (κ3) is 3.90. The zero-order chi connectivity index (χ0) is 10.7. The van der Waals surface area contributed by atoms with Crippen LogP contribution < -0.4 is 15.9 Å². The van der Waals surface area contributed by atoms with Crippen molar-refractivity contribution >= 4 is 30.5 Å². The summed E-state index contributed by atoms with van der Waals surface area (Å²) >= 11 is 0. The SMILES string of the molecule is CNc1ccc2c(c1)CN(OCCN)O2.Cl.Cl. The van der Waals surface area contributed by atoms with E-state index in [0.29, 0.717) is 19.7 Å². The molecule has 1 aliphatic rings. The molecule has 0 saturated carbocycles. The molecule has 0 radical (unpaired) electrons. The molecule has 7 heteroatoms. The Bertz CT molecular complexity index is 352. The number of rotatable bonds is 4. The minimum Gasteiger partial charge on any atom is -0.388 e. The molecule has 0 amide bonds. The normalized spacial score (nSPS) is 13.1. The van der Waals surface area contributed by atoms with Crippen molar-refractivity contribution in [2.75, 3.05) is 25.5 Å². The Morgan fingerprint density at radius 1 is 1.47 bits per heavy atom. The average Bonchev–Trinajstić information content (AvgIpc) is 2.67. The maximum Gasteiger partial charge on any atom is 0.155 e. The molecule has 0 atom stereocenters. The third-order valence-corrected chi connectivity index (χ3v) is 2.20. The van der Waals surface area contributed by atoms with Crippen LogP contribution in [0, 0.1) is 0 Å². The second-order valence-electron chi connectivity index (χ2n) is 3.28. The summed E-state index contributed by atoms with van der Waals surface area (Å²) in [6.07, 6.45) is 0. The van der Waals surface area contributed by atoms with Gasteiger partial charge in [-0.2, -0.15) is 0 Å². The van der Waals surface area contributed by atoms with Gasteiger partial charge in [0, 0.05) is 24.8 Å². The van der Waals surface area contributed by atoms with E-state index in [4.69, 9.17) is 15.4 Å². The highest BCUT2D eigenvalue weighted by Gasteiger charge is 2.21. The van der Waals surface area contributed by atoms with E-state index in [1.807, 2.05) is 25.2 Å². The summed E-state index contributed by atoms with van der Waals surface area (Å²) in [4.78, 5) is 10.7. The molecular weight excluding hydrogens is 265 g/mol. The first kappa shape index (κ1) is 16.3. The van der Waals surface area contributed by atoms with Crippen molar-refractivity contribution in [2.24, 2.45) is 5.73 Å². The molecule has 3 N–H and O–H groups in total. The molecule has 0 saturated heterocycles. The number of benzene rings is 1. The van der Waals surface area contributed by atoms with Crippen molar-refractivity contribution in [2.45, 2.75) is 6.54 Å². The van der Waals surface area contributed by atoms with E-state index >= 15 is 0 Å². The first-order chi connectivity index (χ1) is 7.33. The van der Waals surface area contributed by atoms with Crippen molar-refractivity contribution in [3.05, 3.63) is 23.8 Å². The zero-order valence-corrected chi connectivity index (χ0v) is 11.1.